The topological polar surface area (TPSA) is 32.3 Å². The molecule has 2 N–H and O–H groups in total. The van der Waals surface area contributed by atoms with Gasteiger partial charge >= 0.3 is 0 Å². The van der Waals surface area contributed by atoms with Gasteiger partial charge in [0.25, 0.3) is 0 Å². The maximum absolute atomic E-state index is 9.04. The molecule has 0 aliphatic heterocycles. The summed E-state index contributed by atoms with van der Waals surface area (Å²) in [5, 5.41) is 12.5. The van der Waals surface area contributed by atoms with Crippen LogP contribution in [-0.4, -0.2) is 24.3 Å². The Kier molecular flexibility index (Phi) is 5.37. The first-order chi connectivity index (χ1) is 7.24. The minimum Gasteiger partial charge on any atom is -0.396 e. The molecule has 1 atom stereocenters. The van der Waals surface area contributed by atoms with Gasteiger partial charge in [0.05, 0.1) is 0 Å². The number of benzene rings is 1. The van der Waals surface area contributed by atoms with Crippen molar-refractivity contribution in [2.24, 2.45) is 0 Å². The summed E-state index contributed by atoms with van der Waals surface area (Å²) in [6, 6.07) is 10.9. The molecule has 0 unspecified atom stereocenters. The van der Waals surface area contributed by atoms with Crippen molar-refractivity contribution in [3.05, 3.63) is 35.9 Å². The van der Waals surface area contributed by atoms with Gasteiger partial charge in [-0.3, -0.25) is 0 Å². The van der Waals surface area contributed by atoms with Gasteiger partial charge in [-0.15, -0.1) is 0 Å². The van der Waals surface area contributed by atoms with Crippen LogP contribution in [0.4, 0.5) is 0 Å². The summed E-state index contributed by atoms with van der Waals surface area (Å²) in [4.78, 5) is 0. The molecule has 0 bridgehead atoms. The lowest BCUT2D eigenvalue weighted by atomic mass is 9.96. The Balaban J connectivity index is 2.57. The Morgan fingerprint density at radius 3 is 2.40 bits per heavy atom. The highest BCUT2D eigenvalue weighted by Crippen LogP contribution is 2.18. The Labute approximate surface area is 92.3 Å². The molecule has 0 aliphatic carbocycles. The monoisotopic (exact) mass is 207 g/mol. The quantitative estimate of drug-likeness (QED) is 0.749. The molecule has 15 heavy (non-hydrogen) atoms. The van der Waals surface area contributed by atoms with Gasteiger partial charge in [0.1, 0.15) is 0 Å². The summed E-state index contributed by atoms with van der Waals surface area (Å²) in [7, 11) is 0. The second-order valence-electron chi connectivity index (χ2n) is 4.18. The van der Waals surface area contributed by atoms with Gasteiger partial charge in [-0.1, -0.05) is 44.2 Å². The number of aliphatic hydroxyl groups excluding tert-OH is 1. The van der Waals surface area contributed by atoms with Crippen molar-refractivity contribution in [1.82, 2.24) is 5.32 Å². The van der Waals surface area contributed by atoms with Gasteiger partial charge in [-0.25, -0.2) is 0 Å². The van der Waals surface area contributed by atoms with E-state index < -0.39 is 0 Å². The van der Waals surface area contributed by atoms with E-state index in [0.717, 1.165) is 13.0 Å². The summed E-state index contributed by atoms with van der Waals surface area (Å²) in [6.45, 7) is 5.46. The molecule has 2 heteroatoms. The first kappa shape index (κ1) is 12.2. The fourth-order valence-electron chi connectivity index (χ4n) is 1.65. The zero-order valence-electron chi connectivity index (χ0n) is 9.61. The lowest BCUT2D eigenvalue weighted by Crippen LogP contribution is -2.28. The van der Waals surface area contributed by atoms with Gasteiger partial charge in [0, 0.05) is 19.2 Å². The number of aliphatic hydroxyl groups is 1. The molecule has 2 nitrogen and oxygen atoms in total. The Hall–Kier alpha value is -0.860. The van der Waals surface area contributed by atoms with E-state index >= 15 is 0 Å². The van der Waals surface area contributed by atoms with Gasteiger partial charge in [0.2, 0.25) is 0 Å². The molecule has 0 saturated heterocycles. The van der Waals surface area contributed by atoms with E-state index in [2.05, 4.69) is 43.4 Å². The largest absolute Gasteiger partial charge is 0.396 e. The highest BCUT2D eigenvalue weighted by atomic mass is 16.3. The smallest absolute Gasteiger partial charge is 0.0437 e. The Morgan fingerprint density at radius 1 is 1.20 bits per heavy atom. The van der Waals surface area contributed by atoms with Crippen LogP contribution in [0.15, 0.2) is 30.3 Å². The Morgan fingerprint density at radius 2 is 1.87 bits per heavy atom. The van der Waals surface area contributed by atoms with E-state index in [1.165, 1.54) is 5.56 Å². The zero-order chi connectivity index (χ0) is 11.1. The molecule has 0 radical (unpaired) electrons. The van der Waals surface area contributed by atoms with E-state index in [1.807, 2.05) is 6.07 Å². The van der Waals surface area contributed by atoms with Crippen LogP contribution < -0.4 is 5.32 Å². The minimum atomic E-state index is 0.249. The molecule has 0 aliphatic rings. The standard InChI is InChI=1S/C13H21NO/c1-11(2)14-10-13(8-9-15)12-6-4-3-5-7-12/h3-7,11,13-15H,8-10H2,1-2H3/t13-/m1/s1. The van der Waals surface area contributed by atoms with E-state index in [9.17, 15) is 0 Å². The van der Waals surface area contributed by atoms with Gasteiger partial charge in [-0.2, -0.15) is 0 Å². The zero-order valence-corrected chi connectivity index (χ0v) is 9.61. The fourth-order valence-corrected chi connectivity index (χ4v) is 1.65. The van der Waals surface area contributed by atoms with Gasteiger partial charge in [-0.05, 0) is 17.9 Å². The summed E-state index contributed by atoms with van der Waals surface area (Å²) >= 11 is 0. The molecule has 0 saturated carbocycles. The van der Waals surface area contributed by atoms with Crippen molar-refractivity contribution in [2.45, 2.75) is 32.2 Å². The molecule has 0 aromatic heterocycles. The van der Waals surface area contributed by atoms with Crippen LogP contribution in [0.3, 0.4) is 0 Å². The number of hydrogen-bond donors (Lipinski definition) is 2. The average molecular weight is 207 g/mol. The third-order valence-corrected chi connectivity index (χ3v) is 2.52. The lowest BCUT2D eigenvalue weighted by Gasteiger charge is -2.18. The molecule has 1 aromatic carbocycles. The minimum absolute atomic E-state index is 0.249. The van der Waals surface area contributed by atoms with Crippen molar-refractivity contribution >= 4 is 0 Å². The van der Waals surface area contributed by atoms with Crippen molar-refractivity contribution in [3.63, 3.8) is 0 Å². The highest BCUT2D eigenvalue weighted by molar-refractivity contribution is 5.19. The second kappa shape index (κ2) is 6.59. The number of hydrogen-bond acceptors (Lipinski definition) is 2. The van der Waals surface area contributed by atoms with Crippen molar-refractivity contribution in [1.29, 1.82) is 0 Å². The van der Waals surface area contributed by atoms with Gasteiger partial charge < -0.3 is 10.4 Å². The van der Waals surface area contributed by atoms with Gasteiger partial charge in [0.15, 0.2) is 0 Å². The Bertz CT molecular complexity index is 258. The van der Waals surface area contributed by atoms with Crippen LogP contribution in [0.25, 0.3) is 0 Å². The first-order valence-corrected chi connectivity index (χ1v) is 5.63. The summed E-state index contributed by atoms with van der Waals surface area (Å²) in [5.74, 6) is 0.415. The van der Waals surface area contributed by atoms with Crippen molar-refractivity contribution in [2.75, 3.05) is 13.2 Å². The maximum atomic E-state index is 9.04. The first-order valence-electron chi connectivity index (χ1n) is 5.63. The van der Waals surface area contributed by atoms with E-state index in [4.69, 9.17) is 5.11 Å². The van der Waals surface area contributed by atoms with E-state index in [1.54, 1.807) is 0 Å². The second-order valence-corrected chi connectivity index (χ2v) is 4.18. The third-order valence-electron chi connectivity index (χ3n) is 2.52. The molecule has 1 aromatic rings. The summed E-state index contributed by atoms with van der Waals surface area (Å²) in [6.07, 6.45) is 0.823. The predicted molar refractivity (Wildman–Crippen MR) is 64.0 cm³/mol. The number of nitrogens with one attached hydrogen (secondary N) is 1. The van der Waals surface area contributed by atoms with Crippen LogP contribution in [0.2, 0.25) is 0 Å². The SMILES string of the molecule is CC(C)NC[C@@H](CCO)c1ccccc1. The van der Waals surface area contributed by atoms with E-state index in [-0.39, 0.29) is 6.61 Å². The maximum Gasteiger partial charge on any atom is 0.0437 e. The molecular formula is C13H21NO. The van der Waals surface area contributed by atoms with E-state index in [0.29, 0.717) is 12.0 Å². The van der Waals surface area contributed by atoms with Crippen LogP contribution in [-0.2, 0) is 0 Å². The average Bonchev–Trinajstić information content (AvgIpc) is 2.25. The molecular weight excluding hydrogens is 186 g/mol. The molecule has 0 fully saturated rings. The summed E-state index contributed by atoms with van der Waals surface area (Å²) < 4.78 is 0. The molecule has 84 valence electrons. The van der Waals surface area contributed by atoms with Crippen molar-refractivity contribution < 1.29 is 5.11 Å². The summed E-state index contributed by atoms with van der Waals surface area (Å²) in [5.41, 5.74) is 1.31. The van der Waals surface area contributed by atoms with Crippen LogP contribution >= 0.6 is 0 Å². The van der Waals surface area contributed by atoms with Crippen LogP contribution in [0, 0.1) is 0 Å². The molecule has 0 amide bonds. The predicted octanol–water partition coefficient (Wildman–Crippen LogP) is 2.15. The normalized spacial score (nSPS) is 13.1. The highest BCUT2D eigenvalue weighted by Gasteiger charge is 2.10. The van der Waals surface area contributed by atoms with Crippen LogP contribution in [0.1, 0.15) is 31.7 Å². The number of rotatable bonds is 6. The van der Waals surface area contributed by atoms with Crippen LogP contribution in [0.5, 0.6) is 0 Å². The molecule has 1 rings (SSSR count). The fraction of sp³-hybridized carbons (Fsp3) is 0.538. The molecule has 0 spiro atoms. The molecule has 0 heterocycles. The lowest BCUT2D eigenvalue weighted by molar-refractivity contribution is 0.272. The third kappa shape index (κ3) is 4.45. The van der Waals surface area contributed by atoms with Crippen molar-refractivity contribution in [3.8, 4) is 0 Å².